The molecule has 0 N–H and O–H groups in total. The van der Waals surface area contributed by atoms with Gasteiger partial charge in [0, 0.05) is 6.08 Å². The average molecular weight is 389 g/mol. The number of nitriles is 2. The Bertz CT molecular complexity index is 810. The molecule has 3 rings (SSSR count). The van der Waals surface area contributed by atoms with Crippen LogP contribution in [0.2, 0.25) is 0 Å². The lowest BCUT2D eigenvalue weighted by molar-refractivity contribution is -0.157. The Labute approximate surface area is 173 Å². The van der Waals surface area contributed by atoms with E-state index in [1.807, 2.05) is 36.4 Å². The highest BCUT2D eigenvalue weighted by Crippen LogP contribution is 2.37. The second kappa shape index (κ2) is 10.6. The predicted octanol–water partition coefficient (Wildman–Crippen LogP) is 5.57. The maximum Gasteiger partial charge on any atom is 0.309 e. The molecule has 0 unspecified atom stereocenters. The van der Waals surface area contributed by atoms with Gasteiger partial charge in [0.1, 0.15) is 6.10 Å². The van der Waals surface area contributed by atoms with Gasteiger partial charge in [0.2, 0.25) is 0 Å². The number of allylic oxidation sites excluding steroid dienone is 4. The summed E-state index contributed by atoms with van der Waals surface area (Å²) in [4.78, 5) is 12.6. The molecular weight excluding hydrogens is 360 g/mol. The molecule has 1 aromatic rings. The van der Waals surface area contributed by atoms with Crippen LogP contribution in [0.25, 0.3) is 0 Å². The number of esters is 1. The summed E-state index contributed by atoms with van der Waals surface area (Å²) in [6.45, 7) is 0. The van der Waals surface area contributed by atoms with Gasteiger partial charge in [0.15, 0.2) is 0 Å². The first kappa shape index (κ1) is 20.9. The van der Waals surface area contributed by atoms with E-state index >= 15 is 0 Å². The van der Waals surface area contributed by atoms with Crippen LogP contribution in [0.4, 0.5) is 0 Å². The van der Waals surface area contributed by atoms with Crippen LogP contribution in [0.5, 0.6) is 0 Å². The van der Waals surface area contributed by atoms with Crippen LogP contribution in [0, 0.1) is 34.5 Å². The lowest BCUT2D eigenvalue weighted by Crippen LogP contribution is -2.29. The van der Waals surface area contributed by atoms with Gasteiger partial charge in [0.25, 0.3) is 0 Å². The molecule has 0 atom stereocenters. The molecule has 150 valence electrons. The van der Waals surface area contributed by atoms with Gasteiger partial charge in [-0.1, -0.05) is 30.4 Å². The molecule has 0 radical (unpaired) electrons. The van der Waals surface area contributed by atoms with Gasteiger partial charge in [-0.05, 0) is 80.9 Å². The van der Waals surface area contributed by atoms with E-state index in [1.54, 1.807) is 6.08 Å². The van der Waals surface area contributed by atoms with E-state index < -0.39 is 0 Å². The van der Waals surface area contributed by atoms with Crippen molar-refractivity contribution in [2.45, 2.75) is 63.4 Å². The van der Waals surface area contributed by atoms with Crippen LogP contribution in [0.3, 0.4) is 0 Å². The molecule has 0 spiro atoms. The summed E-state index contributed by atoms with van der Waals surface area (Å²) >= 11 is 0. The van der Waals surface area contributed by atoms with E-state index in [4.69, 9.17) is 15.3 Å². The van der Waals surface area contributed by atoms with Crippen LogP contribution in [0.1, 0.15) is 68.4 Å². The standard InChI is InChI=1S/C25H28N2O2/c26-17-3-1-2-4-19-7-15-24(16-8-19)29-25(28)23-13-11-22(12-14-23)21-9-5-20(18-27)6-10-21/h1-6,9-10,19,22-24H,7-8,11-16H2/b3-1?,4-2+/t19?,22-,23-,24?. The molecule has 2 aliphatic rings. The second-order valence-corrected chi connectivity index (χ2v) is 8.13. The summed E-state index contributed by atoms with van der Waals surface area (Å²) in [7, 11) is 0. The highest BCUT2D eigenvalue weighted by Gasteiger charge is 2.30. The Morgan fingerprint density at radius 3 is 2.24 bits per heavy atom. The number of nitrogens with zero attached hydrogens (tertiary/aromatic N) is 2. The third-order valence-electron chi connectivity index (χ3n) is 6.24. The first-order chi connectivity index (χ1) is 14.2. The third-order valence-corrected chi connectivity index (χ3v) is 6.24. The molecule has 0 aliphatic heterocycles. The average Bonchev–Trinajstić information content (AvgIpc) is 2.78. The molecule has 29 heavy (non-hydrogen) atoms. The molecule has 1 aromatic carbocycles. The van der Waals surface area contributed by atoms with E-state index in [2.05, 4.69) is 12.1 Å². The van der Waals surface area contributed by atoms with Gasteiger partial charge < -0.3 is 4.74 Å². The van der Waals surface area contributed by atoms with Gasteiger partial charge in [-0.2, -0.15) is 10.5 Å². The molecule has 0 bridgehead atoms. The monoisotopic (exact) mass is 388 g/mol. The molecule has 0 aromatic heterocycles. The number of benzene rings is 1. The van der Waals surface area contributed by atoms with Crippen LogP contribution < -0.4 is 0 Å². The Balaban J connectivity index is 1.40. The first-order valence-electron chi connectivity index (χ1n) is 10.6. The maximum absolute atomic E-state index is 12.6. The molecule has 2 saturated carbocycles. The summed E-state index contributed by atoms with van der Waals surface area (Å²) < 4.78 is 5.84. The fraction of sp³-hybridized carbons (Fsp3) is 0.480. The minimum atomic E-state index is -0.0146. The Morgan fingerprint density at radius 1 is 0.931 bits per heavy atom. The van der Waals surface area contributed by atoms with Crippen molar-refractivity contribution in [1.82, 2.24) is 0 Å². The lowest BCUT2D eigenvalue weighted by Gasteiger charge is -2.31. The molecule has 0 saturated heterocycles. The minimum absolute atomic E-state index is 0.0146. The number of carbonyl (C=O) groups excluding carboxylic acids is 1. The summed E-state index contributed by atoms with van der Waals surface area (Å²) in [5.41, 5.74) is 1.96. The minimum Gasteiger partial charge on any atom is -0.462 e. The van der Waals surface area contributed by atoms with Crippen molar-refractivity contribution in [2.24, 2.45) is 11.8 Å². The molecule has 4 nitrogen and oxygen atoms in total. The van der Waals surface area contributed by atoms with Crippen LogP contribution in [-0.4, -0.2) is 12.1 Å². The fourth-order valence-corrected chi connectivity index (χ4v) is 4.47. The maximum atomic E-state index is 12.6. The van der Waals surface area contributed by atoms with Crippen molar-refractivity contribution >= 4 is 5.97 Å². The van der Waals surface area contributed by atoms with E-state index in [0.717, 1.165) is 51.4 Å². The van der Waals surface area contributed by atoms with Crippen molar-refractivity contribution in [2.75, 3.05) is 0 Å². The topological polar surface area (TPSA) is 73.9 Å². The van der Waals surface area contributed by atoms with Crippen molar-refractivity contribution in [3.05, 3.63) is 59.7 Å². The molecule has 2 aliphatic carbocycles. The molecule has 2 fully saturated rings. The van der Waals surface area contributed by atoms with Crippen molar-refractivity contribution in [3.8, 4) is 12.1 Å². The summed E-state index contributed by atoms with van der Waals surface area (Å²) in [5, 5.41) is 17.4. The van der Waals surface area contributed by atoms with Gasteiger partial charge >= 0.3 is 5.97 Å². The fourth-order valence-electron chi connectivity index (χ4n) is 4.47. The lowest BCUT2D eigenvalue weighted by atomic mass is 9.78. The number of hydrogen-bond donors (Lipinski definition) is 0. The highest BCUT2D eigenvalue weighted by atomic mass is 16.5. The third kappa shape index (κ3) is 6.06. The summed E-state index contributed by atoms with van der Waals surface area (Å²) in [5.74, 6) is 0.998. The van der Waals surface area contributed by atoms with Crippen molar-refractivity contribution in [1.29, 1.82) is 10.5 Å². The molecule has 4 heteroatoms. The van der Waals surface area contributed by atoms with Crippen LogP contribution >= 0.6 is 0 Å². The Hall–Kier alpha value is -2.85. The van der Waals surface area contributed by atoms with E-state index in [1.165, 1.54) is 11.6 Å². The zero-order chi connectivity index (χ0) is 20.5. The van der Waals surface area contributed by atoms with Gasteiger partial charge in [-0.25, -0.2) is 0 Å². The second-order valence-electron chi connectivity index (χ2n) is 8.13. The number of rotatable bonds is 5. The van der Waals surface area contributed by atoms with E-state index in [9.17, 15) is 4.79 Å². The van der Waals surface area contributed by atoms with Crippen molar-refractivity contribution in [3.63, 3.8) is 0 Å². The number of hydrogen-bond acceptors (Lipinski definition) is 4. The van der Waals surface area contributed by atoms with Crippen LogP contribution in [-0.2, 0) is 9.53 Å². The Morgan fingerprint density at radius 2 is 1.62 bits per heavy atom. The smallest absolute Gasteiger partial charge is 0.309 e. The quantitative estimate of drug-likeness (QED) is 0.375. The Kier molecular flexibility index (Phi) is 7.65. The van der Waals surface area contributed by atoms with Gasteiger partial charge in [0.05, 0.1) is 23.6 Å². The summed E-state index contributed by atoms with van der Waals surface area (Å²) in [6.07, 6.45) is 15.0. The normalized spacial score (nSPS) is 27.4. The SMILES string of the molecule is N#CC=C/C=C/C1CCC(OC(=O)[C@H]2CC[C@H](c3ccc(C#N)cc3)CC2)CC1. The zero-order valence-corrected chi connectivity index (χ0v) is 16.8. The number of carbonyl (C=O) groups is 1. The summed E-state index contributed by atoms with van der Waals surface area (Å²) in [6, 6.07) is 12.0. The van der Waals surface area contributed by atoms with Gasteiger partial charge in [-0.15, -0.1) is 0 Å². The van der Waals surface area contributed by atoms with E-state index in [-0.39, 0.29) is 18.0 Å². The highest BCUT2D eigenvalue weighted by molar-refractivity contribution is 5.72. The molecule has 0 amide bonds. The predicted molar refractivity (Wildman–Crippen MR) is 112 cm³/mol. The van der Waals surface area contributed by atoms with Gasteiger partial charge in [-0.3, -0.25) is 4.79 Å². The van der Waals surface area contributed by atoms with E-state index in [0.29, 0.717) is 17.4 Å². The number of ether oxygens (including phenoxy) is 1. The largest absolute Gasteiger partial charge is 0.462 e. The molecular formula is C25H28N2O2. The first-order valence-corrected chi connectivity index (χ1v) is 10.6. The van der Waals surface area contributed by atoms with Crippen LogP contribution in [0.15, 0.2) is 48.6 Å². The zero-order valence-electron chi connectivity index (χ0n) is 16.8. The molecule has 0 heterocycles. The van der Waals surface area contributed by atoms with Crippen molar-refractivity contribution < 1.29 is 9.53 Å².